The molecule has 1 aliphatic rings. The fourth-order valence-corrected chi connectivity index (χ4v) is 3.65. The maximum atomic E-state index is 13.1. The summed E-state index contributed by atoms with van der Waals surface area (Å²) < 4.78 is 7.25. The van der Waals surface area contributed by atoms with E-state index in [-0.39, 0.29) is 5.91 Å². The number of anilines is 2. The molecule has 3 aromatic rings. The predicted octanol–water partition coefficient (Wildman–Crippen LogP) is 4.77. The molecule has 0 saturated carbocycles. The van der Waals surface area contributed by atoms with E-state index >= 15 is 0 Å². The average Bonchev–Trinajstić information content (AvgIpc) is 3.12. The number of hydrogen-bond acceptors (Lipinski definition) is 5. The highest BCUT2D eigenvalue weighted by atomic mass is 16.6. The molecule has 2 heterocycles. The Bertz CT molecular complexity index is 1130. The minimum Gasteiger partial charge on any atom is -0.443 e. The first-order chi connectivity index (χ1) is 13.7. The number of rotatable bonds is 2. The Labute approximate surface area is 169 Å². The molecule has 2 amide bonds. The number of imide groups is 1. The number of amides is 2. The molecule has 7 nitrogen and oxygen atoms in total. The van der Waals surface area contributed by atoms with Crippen LogP contribution in [0.1, 0.15) is 49.7 Å². The Morgan fingerprint density at radius 2 is 1.97 bits per heavy atom. The summed E-state index contributed by atoms with van der Waals surface area (Å²) in [6.45, 7) is 7.18. The molecular formula is C22H24N4O3. The van der Waals surface area contributed by atoms with Crippen molar-refractivity contribution >= 4 is 34.3 Å². The Morgan fingerprint density at radius 3 is 2.69 bits per heavy atom. The third-order valence-corrected chi connectivity index (χ3v) is 4.98. The standard InChI is InChI=1S/C22H24N4O3/c1-13-16-7-6-8-17(19(16)20(27)26(13)21(28)29-22(2,3)4)24-15-9-10-18-14(11-15)12-23-25(18)5/h6-13,24H,1-5H3. The van der Waals surface area contributed by atoms with Gasteiger partial charge in [-0.3, -0.25) is 9.48 Å². The summed E-state index contributed by atoms with van der Waals surface area (Å²) in [5.41, 5.74) is 3.15. The van der Waals surface area contributed by atoms with Crippen molar-refractivity contribution in [3.05, 3.63) is 53.7 Å². The summed E-state index contributed by atoms with van der Waals surface area (Å²) >= 11 is 0. The summed E-state index contributed by atoms with van der Waals surface area (Å²) in [5, 5.41) is 8.59. The minimum atomic E-state index is -0.675. The second kappa shape index (κ2) is 6.62. The van der Waals surface area contributed by atoms with Crippen molar-refractivity contribution in [2.24, 2.45) is 7.05 Å². The van der Waals surface area contributed by atoms with E-state index in [1.54, 1.807) is 27.0 Å². The zero-order valence-corrected chi connectivity index (χ0v) is 17.2. The lowest BCUT2D eigenvalue weighted by Crippen LogP contribution is -2.38. The van der Waals surface area contributed by atoms with Crippen molar-refractivity contribution in [2.75, 3.05) is 5.32 Å². The Balaban J connectivity index is 1.67. The van der Waals surface area contributed by atoms with Gasteiger partial charge in [-0.1, -0.05) is 12.1 Å². The van der Waals surface area contributed by atoms with Crippen LogP contribution in [0.3, 0.4) is 0 Å². The fourth-order valence-electron chi connectivity index (χ4n) is 3.65. The van der Waals surface area contributed by atoms with Gasteiger partial charge in [0.15, 0.2) is 0 Å². The summed E-state index contributed by atoms with van der Waals surface area (Å²) in [6, 6.07) is 11.1. The zero-order chi connectivity index (χ0) is 20.9. The molecule has 4 rings (SSSR count). The number of hydrogen-bond donors (Lipinski definition) is 1. The first-order valence-electron chi connectivity index (χ1n) is 9.54. The molecule has 1 atom stereocenters. The molecule has 0 radical (unpaired) electrons. The molecular weight excluding hydrogens is 368 g/mol. The smallest absolute Gasteiger partial charge is 0.417 e. The molecule has 29 heavy (non-hydrogen) atoms. The van der Waals surface area contributed by atoms with E-state index in [9.17, 15) is 9.59 Å². The van der Waals surface area contributed by atoms with E-state index in [2.05, 4.69) is 10.4 Å². The molecule has 0 aliphatic carbocycles. The fraction of sp³-hybridized carbons (Fsp3) is 0.318. The van der Waals surface area contributed by atoms with Gasteiger partial charge in [-0.2, -0.15) is 5.10 Å². The van der Waals surface area contributed by atoms with Crippen molar-refractivity contribution in [1.82, 2.24) is 14.7 Å². The van der Waals surface area contributed by atoms with E-state index in [0.717, 1.165) is 22.2 Å². The van der Waals surface area contributed by atoms with Crippen LogP contribution in [-0.2, 0) is 11.8 Å². The molecule has 0 saturated heterocycles. The minimum absolute atomic E-state index is 0.354. The maximum absolute atomic E-state index is 13.1. The van der Waals surface area contributed by atoms with E-state index in [4.69, 9.17) is 4.74 Å². The zero-order valence-electron chi connectivity index (χ0n) is 17.2. The number of ether oxygens (including phenoxy) is 1. The number of nitrogens with one attached hydrogen (secondary N) is 1. The first kappa shape index (κ1) is 19.0. The van der Waals surface area contributed by atoms with Crippen molar-refractivity contribution in [3.63, 3.8) is 0 Å². The van der Waals surface area contributed by atoms with Crippen molar-refractivity contribution in [1.29, 1.82) is 0 Å². The summed E-state index contributed by atoms with van der Waals surface area (Å²) in [4.78, 5) is 26.9. The van der Waals surface area contributed by atoms with Gasteiger partial charge in [0.25, 0.3) is 5.91 Å². The van der Waals surface area contributed by atoms with E-state index in [1.807, 2.05) is 55.1 Å². The SMILES string of the molecule is CC1c2cccc(Nc3ccc4c(cnn4C)c3)c2C(=O)N1C(=O)OC(C)(C)C. The first-order valence-corrected chi connectivity index (χ1v) is 9.54. The van der Waals surface area contributed by atoms with Gasteiger partial charge in [-0.05, 0) is 57.5 Å². The van der Waals surface area contributed by atoms with Crippen LogP contribution in [0, 0.1) is 0 Å². The normalized spacial score (nSPS) is 16.2. The predicted molar refractivity (Wildman–Crippen MR) is 111 cm³/mol. The van der Waals surface area contributed by atoms with Crippen LogP contribution in [0.25, 0.3) is 10.9 Å². The van der Waals surface area contributed by atoms with Crippen molar-refractivity contribution < 1.29 is 14.3 Å². The maximum Gasteiger partial charge on any atom is 0.417 e. The lowest BCUT2D eigenvalue weighted by molar-refractivity contribution is 0.0203. The third kappa shape index (κ3) is 3.33. The molecule has 2 aromatic carbocycles. The summed E-state index contributed by atoms with van der Waals surface area (Å²) in [5.74, 6) is -0.354. The number of fused-ring (bicyclic) bond motifs is 2. The summed E-state index contributed by atoms with van der Waals surface area (Å²) in [6.07, 6.45) is 1.17. The molecule has 0 fully saturated rings. The highest BCUT2D eigenvalue weighted by molar-refractivity contribution is 6.11. The molecule has 1 aliphatic heterocycles. The molecule has 0 spiro atoms. The molecule has 1 unspecified atom stereocenters. The third-order valence-electron chi connectivity index (χ3n) is 4.98. The quantitative estimate of drug-likeness (QED) is 0.680. The Hall–Kier alpha value is -3.35. The van der Waals surface area contributed by atoms with Gasteiger partial charge in [-0.15, -0.1) is 0 Å². The van der Waals surface area contributed by atoms with Gasteiger partial charge in [0.2, 0.25) is 0 Å². The average molecular weight is 392 g/mol. The van der Waals surface area contributed by atoms with Crippen molar-refractivity contribution in [2.45, 2.75) is 39.3 Å². The second-order valence-electron chi connectivity index (χ2n) is 8.27. The molecule has 1 N–H and O–H groups in total. The lowest BCUT2D eigenvalue weighted by Gasteiger charge is -2.25. The number of nitrogens with zero attached hydrogens (tertiary/aromatic N) is 3. The van der Waals surface area contributed by atoms with Crippen LogP contribution >= 0.6 is 0 Å². The van der Waals surface area contributed by atoms with Crippen LogP contribution in [0.5, 0.6) is 0 Å². The van der Waals surface area contributed by atoms with Crippen LogP contribution < -0.4 is 5.32 Å². The van der Waals surface area contributed by atoms with Gasteiger partial charge in [0, 0.05) is 18.1 Å². The van der Waals surface area contributed by atoms with Crippen LogP contribution in [0.2, 0.25) is 0 Å². The van der Waals surface area contributed by atoms with Crippen LogP contribution in [0.15, 0.2) is 42.6 Å². The van der Waals surface area contributed by atoms with Gasteiger partial charge < -0.3 is 10.1 Å². The van der Waals surface area contributed by atoms with Crippen LogP contribution in [-0.4, -0.2) is 32.3 Å². The number of carbonyl (C=O) groups is 2. The molecule has 0 bridgehead atoms. The monoisotopic (exact) mass is 392 g/mol. The number of carbonyl (C=O) groups excluding carboxylic acids is 2. The van der Waals surface area contributed by atoms with E-state index in [1.165, 1.54) is 4.90 Å². The summed E-state index contributed by atoms with van der Waals surface area (Å²) in [7, 11) is 1.89. The van der Waals surface area contributed by atoms with Gasteiger partial charge in [0.1, 0.15) is 5.60 Å². The Kier molecular flexibility index (Phi) is 4.33. The van der Waals surface area contributed by atoms with Gasteiger partial charge in [0.05, 0.1) is 29.0 Å². The van der Waals surface area contributed by atoms with Crippen molar-refractivity contribution in [3.8, 4) is 0 Å². The molecule has 7 heteroatoms. The highest BCUT2D eigenvalue weighted by Crippen LogP contribution is 2.39. The van der Waals surface area contributed by atoms with E-state index < -0.39 is 17.7 Å². The largest absolute Gasteiger partial charge is 0.443 e. The van der Waals surface area contributed by atoms with Crippen LogP contribution in [0.4, 0.5) is 16.2 Å². The topological polar surface area (TPSA) is 76.5 Å². The second-order valence-corrected chi connectivity index (χ2v) is 8.27. The molecule has 150 valence electrons. The molecule has 1 aromatic heterocycles. The number of aromatic nitrogens is 2. The van der Waals surface area contributed by atoms with Gasteiger partial charge in [-0.25, -0.2) is 9.69 Å². The Morgan fingerprint density at radius 1 is 1.21 bits per heavy atom. The lowest BCUT2D eigenvalue weighted by atomic mass is 10.0. The highest BCUT2D eigenvalue weighted by Gasteiger charge is 2.41. The van der Waals surface area contributed by atoms with E-state index in [0.29, 0.717) is 11.3 Å². The van der Waals surface area contributed by atoms with Gasteiger partial charge >= 0.3 is 6.09 Å². The number of benzene rings is 2. The number of aryl methyl sites for hydroxylation is 1.